The van der Waals surface area contributed by atoms with Crippen LogP contribution in [0.15, 0.2) is 65.8 Å². The molecule has 3 N–H and O–H groups in total. The highest BCUT2D eigenvalue weighted by Crippen LogP contribution is 2.53. The lowest BCUT2D eigenvalue weighted by atomic mass is 9.96. The third kappa shape index (κ3) is 4.70. The first-order valence-corrected chi connectivity index (χ1v) is 12.6. The monoisotopic (exact) mass is 487 g/mol. The Balaban J connectivity index is 1.48. The number of sulfonamides is 1. The number of hydrogen-bond donors (Lipinski definition) is 2. The van der Waals surface area contributed by atoms with Crippen LogP contribution in [0.2, 0.25) is 5.02 Å². The predicted octanol–water partition coefficient (Wildman–Crippen LogP) is 3.93. The van der Waals surface area contributed by atoms with Crippen LogP contribution in [0.4, 0.5) is 0 Å². The maximum absolute atomic E-state index is 11.7. The molecule has 2 aliphatic rings. The predicted molar refractivity (Wildman–Crippen MR) is 121 cm³/mol. The van der Waals surface area contributed by atoms with Crippen LogP contribution in [0.1, 0.15) is 36.8 Å². The normalized spacial score (nSPS) is 17.0. The number of hydrogen-bond acceptors (Lipinski definition) is 5. The van der Waals surface area contributed by atoms with E-state index in [2.05, 4.69) is 0 Å². The number of pyridine rings is 1. The van der Waals surface area contributed by atoms with E-state index in [0.29, 0.717) is 10.6 Å². The number of para-hydroxylation sites is 1. The van der Waals surface area contributed by atoms with Crippen LogP contribution < -0.4 is 14.6 Å². The zero-order valence-corrected chi connectivity index (χ0v) is 19.3. The van der Waals surface area contributed by atoms with Gasteiger partial charge < -0.3 is 9.47 Å². The number of aromatic nitrogens is 1. The minimum absolute atomic E-state index is 0.0184. The molecular weight excluding hydrogens is 464 g/mol. The SMILES string of the molecule is NS(=O)(=O)c1ccc(Cl)c(COC2(c3c[n+](O)ccc3-c3ccccc3OC3CC3)CC2)c1. The largest absolute Gasteiger partial charge is 0.490 e. The molecule has 5 rings (SSSR count). The van der Waals surface area contributed by atoms with Gasteiger partial charge in [0.2, 0.25) is 22.4 Å². The molecule has 2 aromatic carbocycles. The molecule has 0 saturated heterocycles. The molecule has 2 saturated carbocycles. The van der Waals surface area contributed by atoms with Gasteiger partial charge >= 0.3 is 0 Å². The fourth-order valence-electron chi connectivity index (χ4n) is 3.90. The summed E-state index contributed by atoms with van der Waals surface area (Å²) in [6.45, 7) is 0.0994. The van der Waals surface area contributed by atoms with Crippen LogP contribution >= 0.6 is 11.6 Å². The number of rotatable bonds is 8. The summed E-state index contributed by atoms with van der Waals surface area (Å²) in [5, 5.41) is 15.8. The van der Waals surface area contributed by atoms with Crippen molar-refractivity contribution in [2.24, 2.45) is 5.14 Å². The molecule has 0 aliphatic heterocycles. The van der Waals surface area contributed by atoms with Crippen LogP contribution in [-0.2, 0) is 27.0 Å². The Labute approximate surface area is 197 Å². The summed E-state index contributed by atoms with van der Waals surface area (Å²) < 4.78 is 36.9. The molecule has 2 aliphatic carbocycles. The fourth-order valence-corrected chi connectivity index (χ4v) is 4.64. The van der Waals surface area contributed by atoms with Crippen molar-refractivity contribution in [2.75, 3.05) is 0 Å². The maximum Gasteiger partial charge on any atom is 0.238 e. The lowest BCUT2D eigenvalue weighted by molar-refractivity contribution is -0.905. The molecule has 0 spiro atoms. The van der Waals surface area contributed by atoms with Crippen molar-refractivity contribution in [1.29, 1.82) is 0 Å². The van der Waals surface area contributed by atoms with E-state index in [4.69, 9.17) is 26.2 Å². The number of halogens is 1. The van der Waals surface area contributed by atoms with E-state index in [1.165, 1.54) is 18.2 Å². The number of ether oxygens (including phenoxy) is 2. The van der Waals surface area contributed by atoms with E-state index in [0.717, 1.165) is 52.9 Å². The molecule has 0 radical (unpaired) electrons. The van der Waals surface area contributed by atoms with Gasteiger partial charge in [0.25, 0.3) is 0 Å². The first-order valence-electron chi connectivity index (χ1n) is 10.7. The van der Waals surface area contributed by atoms with Gasteiger partial charge in [0.05, 0.1) is 23.2 Å². The summed E-state index contributed by atoms with van der Waals surface area (Å²) in [6, 6.07) is 14.0. The van der Waals surface area contributed by atoms with Gasteiger partial charge in [0.1, 0.15) is 11.4 Å². The van der Waals surface area contributed by atoms with Gasteiger partial charge in [0, 0.05) is 26.9 Å². The van der Waals surface area contributed by atoms with Gasteiger partial charge in [-0.05, 0) is 55.5 Å². The van der Waals surface area contributed by atoms with E-state index in [1.807, 2.05) is 30.3 Å². The molecule has 9 heteroatoms. The lowest BCUT2D eigenvalue weighted by Gasteiger charge is -2.20. The Bertz CT molecular complexity index is 1320. The molecule has 33 heavy (non-hydrogen) atoms. The summed E-state index contributed by atoms with van der Waals surface area (Å²) in [5.74, 6) is 0.802. The minimum Gasteiger partial charge on any atom is -0.490 e. The van der Waals surface area contributed by atoms with Crippen LogP contribution in [-0.4, -0.2) is 19.7 Å². The van der Waals surface area contributed by atoms with Crippen LogP contribution in [0.5, 0.6) is 5.75 Å². The fraction of sp³-hybridized carbons (Fsp3) is 0.292. The Morgan fingerprint density at radius 3 is 2.58 bits per heavy atom. The Kier molecular flexibility index (Phi) is 5.56. The molecule has 7 nitrogen and oxygen atoms in total. The second kappa shape index (κ2) is 8.29. The third-order valence-electron chi connectivity index (χ3n) is 5.99. The van der Waals surface area contributed by atoms with Gasteiger partial charge in [0.15, 0.2) is 0 Å². The van der Waals surface area contributed by atoms with Gasteiger partial charge in [-0.2, -0.15) is 0 Å². The number of nitrogens with zero attached hydrogens (tertiary/aromatic N) is 1. The summed E-state index contributed by atoms with van der Waals surface area (Å²) in [5.41, 5.74) is 2.58. The van der Waals surface area contributed by atoms with E-state index >= 15 is 0 Å². The molecule has 3 aromatic rings. The van der Waals surface area contributed by atoms with Crippen LogP contribution in [0, 0.1) is 0 Å². The van der Waals surface area contributed by atoms with Crippen LogP contribution in [0.25, 0.3) is 11.1 Å². The van der Waals surface area contributed by atoms with Gasteiger partial charge in [-0.3, -0.25) is 5.21 Å². The summed E-state index contributed by atoms with van der Waals surface area (Å²) >= 11 is 6.29. The molecule has 0 unspecified atom stereocenters. The van der Waals surface area contributed by atoms with E-state index in [1.54, 1.807) is 12.4 Å². The third-order valence-corrected chi connectivity index (χ3v) is 7.27. The zero-order chi connectivity index (χ0) is 23.2. The van der Waals surface area contributed by atoms with Crippen molar-refractivity contribution in [3.05, 3.63) is 77.1 Å². The minimum atomic E-state index is -3.85. The van der Waals surface area contributed by atoms with Crippen LogP contribution in [0.3, 0.4) is 0 Å². The van der Waals surface area contributed by atoms with Crippen molar-refractivity contribution in [2.45, 2.75) is 48.9 Å². The van der Waals surface area contributed by atoms with Crippen molar-refractivity contribution in [3.63, 3.8) is 0 Å². The highest BCUT2D eigenvalue weighted by Gasteiger charge is 2.49. The summed E-state index contributed by atoms with van der Waals surface area (Å²) in [4.78, 5) is -0.0184. The first kappa shape index (κ1) is 22.2. The van der Waals surface area contributed by atoms with E-state index < -0.39 is 15.6 Å². The van der Waals surface area contributed by atoms with Gasteiger partial charge in [-0.25, -0.2) is 13.6 Å². The van der Waals surface area contributed by atoms with Crippen molar-refractivity contribution in [1.82, 2.24) is 0 Å². The topological polar surface area (TPSA) is 103 Å². The van der Waals surface area contributed by atoms with Crippen molar-refractivity contribution < 1.29 is 27.8 Å². The second-order valence-electron chi connectivity index (χ2n) is 8.55. The molecule has 2 fully saturated rings. The van der Waals surface area contributed by atoms with Gasteiger partial charge in [-0.15, -0.1) is 0 Å². The first-order chi connectivity index (χ1) is 15.7. The molecule has 1 heterocycles. The van der Waals surface area contributed by atoms with Gasteiger partial charge in [-0.1, -0.05) is 29.8 Å². The molecule has 0 atom stereocenters. The number of benzene rings is 2. The summed E-state index contributed by atoms with van der Waals surface area (Å²) in [6.07, 6.45) is 7.09. The highest BCUT2D eigenvalue weighted by atomic mass is 35.5. The molecule has 0 amide bonds. The average Bonchev–Trinajstić information content (AvgIpc) is 3.70. The Morgan fingerprint density at radius 2 is 1.88 bits per heavy atom. The Morgan fingerprint density at radius 1 is 1.12 bits per heavy atom. The smallest absolute Gasteiger partial charge is 0.238 e. The molecule has 0 bridgehead atoms. The highest BCUT2D eigenvalue weighted by molar-refractivity contribution is 7.89. The maximum atomic E-state index is 11.7. The molecule has 172 valence electrons. The molecule has 1 aromatic heterocycles. The zero-order valence-electron chi connectivity index (χ0n) is 17.8. The van der Waals surface area contributed by atoms with Crippen molar-refractivity contribution in [3.8, 4) is 16.9 Å². The second-order valence-corrected chi connectivity index (χ2v) is 10.5. The molecular formula is C24H24ClN2O5S+. The van der Waals surface area contributed by atoms with E-state index in [9.17, 15) is 13.6 Å². The summed E-state index contributed by atoms with van der Waals surface area (Å²) in [7, 11) is -3.85. The number of nitrogens with two attached hydrogens (primary N) is 1. The quantitative estimate of drug-likeness (QED) is 0.370. The Hall–Kier alpha value is -2.65. The van der Waals surface area contributed by atoms with E-state index in [-0.39, 0.29) is 17.6 Å². The average molecular weight is 488 g/mol. The van der Waals surface area contributed by atoms with Crippen molar-refractivity contribution >= 4 is 21.6 Å². The lowest BCUT2D eigenvalue weighted by Crippen LogP contribution is -2.31. The number of primary sulfonamides is 1. The standard InChI is InChI=1S/C24H24ClN2O5S/c25-22-8-7-18(33(26,29)30)13-16(22)15-31-24(10-11-24)21-14-27(28)12-9-19(21)20-3-1-2-4-23(20)32-17-5-6-17/h1-4,7-9,12-14,17,28H,5-6,10-11,15H2,(H2,26,29,30)/q+1.